The molecule has 9 heteroatoms. The van der Waals surface area contributed by atoms with E-state index in [9.17, 15) is 13.2 Å². The Morgan fingerprint density at radius 3 is 2.50 bits per heavy atom. The molecule has 1 spiro atoms. The number of pyridine rings is 1. The topological polar surface area (TPSA) is 76.6 Å². The molecule has 2 fully saturated rings. The lowest BCUT2D eigenvalue weighted by Gasteiger charge is -2.51. The Hall–Kier alpha value is -1.67. The van der Waals surface area contributed by atoms with Crippen LogP contribution in [0.15, 0.2) is 47.5 Å². The lowest BCUT2D eigenvalue weighted by molar-refractivity contribution is 0.0204. The van der Waals surface area contributed by atoms with Crippen molar-refractivity contribution in [2.45, 2.75) is 60.1 Å². The molecule has 5 atom stereocenters. The molecule has 0 aliphatic heterocycles. The summed E-state index contributed by atoms with van der Waals surface area (Å²) in [7, 11) is -3.60. The molecule has 1 heterocycles. The van der Waals surface area contributed by atoms with Crippen molar-refractivity contribution in [3.63, 3.8) is 0 Å². The van der Waals surface area contributed by atoms with Crippen LogP contribution in [-0.4, -0.2) is 53.6 Å². The Kier molecular flexibility index (Phi) is 5.99. The summed E-state index contributed by atoms with van der Waals surface area (Å²) in [6.07, 6.45) is 3.93. The van der Waals surface area contributed by atoms with Crippen LogP contribution in [0.2, 0.25) is 0 Å². The largest absolute Gasteiger partial charge is 0.460 e. The molecular weight excluding hydrogens is 495 g/mol. The number of nitrogens with zero attached hydrogens (tertiary/aromatic N) is 2. The zero-order valence-electron chi connectivity index (χ0n) is 19.2. The summed E-state index contributed by atoms with van der Waals surface area (Å²) in [6.45, 7) is 4.87. The van der Waals surface area contributed by atoms with E-state index in [0.717, 1.165) is 18.5 Å². The summed E-state index contributed by atoms with van der Waals surface area (Å²) in [5.74, 6) is -0.183. The average Bonchev–Trinajstić information content (AvgIpc) is 3.41. The molecule has 0 amide bonds. The molecule has 3 aliphatic carbocycles. The molecule has 0 unspecified atom stereocenters. The highest BCUT2D eigenvalue weighted by Crippen LogP contribution is 2.87. The molecule has 1 aromatic heterocycles. The standard InChI is InChI=1S/C25H28Cl2N2O4S/c1-3-12-29(13-4-2)34(31,32)17-9-7-16(8-10-17)23(30)33-15-24(27)14-19-18-6-5-11-28-21(18)20-22(26)25(19,20)24/h5-11,19-20,22H,3-4,12-15H2,1-2H3/t19-,20+,22-,24+,25-/m1/s1. The number of carbonyl (C=O) groups is 1. The Labute approximate surface area is 210 Å². The third-order valence-corrected chi connectivity index (χ3v) is 10.8. The number of rotatable bonds is 9. The van der Waals surface area contributed by atoms with Crippen molar-refractivity contribution in [3.8, 4) is 0 Å². The van der Waals surface area contributed by atoms with Crippen molar-refractivity contribution in [1.29, 1.82) is 0 Å². The molecule has 0 bridgehead atoms. The number of alkyl halides is 2. The molecule has 182 valence electrons. The van der Waals surface area contributed by atoms with Gasteiger partial charge in [-0.05, 0) is 61.1 Å². The van der Waals surface area contributed by atoms with Gasteiger partial charge in [0.25, 0.3) is 0 Å². The van der Waals surface area contributed by atoms with E-state index in [2.05, 4.69) is 11.1 Å². The van der Waals surface area contributed by atoms with Crippen molar-refractivity contribution in [3.05, 3.63) is 59.4 Å². The van der Waals surface area contributed by atoms with Gasteiger partial charge >= 0.3 is 5.97 Å². The van der Waals surface area contributed by atoms with E-state index in [4.69, 9.17) is 27.9 Å². The van der Waals surface area contributed by atoms with Gasteiger partial charge in [0.2, 0.25) is 10.0 Å². The van der Waals surface area contributed by atoms with Crippen molar-refractivity contribution >= 4 is 39.2 Å². The molecule has 0 radical (unpaired) electrons. The molecule has 0 N–H and O–H groups in total. The first kappa shape index (κ1) is 24.0. The first-order valence-corrected chi connectivity index (χ1v) is 14.0. The van der Waals surface area contributed by atoms with E-state index in [0.29, 0.717) is 19.5 Å². The maximum atomic E-state index is 12.9. The Bertz CT molecular complexity index is 1210. The van der Waals surface area contributed by atoms with Crippen molar-refractivity contribution in [1.82, 2.24) is 9.29 Å². The molecular formula is C25H28Cl2N2O4S. The van der Waals surface area contributed by atoms with Crippen LogP contribution in [0.3, 0.4) is 0 Å². The quantitative estimate of drug-likeness (QED) is 0.345. The summed E-state index contributed by atoms with van der Waals surface area (Å²) in [5, 5.41) is -0.108. The van der Waals surface area contributed by atoms with Gasteiger partial charge in [0.1, 0.15) is 6.61 Å². The van der Waals surface area contributed by atoms with Crippen LogP contribution in [-0.2, 0) is 14.8 Å². The average molecular weight is 523 g/mol. The van der Waals surface area contributed by atoms with Crippen molar-refractivity contribution in [2.24, 2.45) is 5.41 Å². The highest BCUT2D eigenvalue weighted by atomic mass is 35.5. The van der Waals surface area contributed by atoms with Crippen LogP contribution in [0, 0.1) is 5.41 Å². The number of benzene rings is 1. The van der Waals surface area contributed by atoms with Crippen LogP contribution in [0.25, 0.3) is 0 Å². The first-order valence-electron chi connectivity index (χ1n) is 11.8. The van der Waals surface area contributed by atoms with Crippen LogP contribution in [0.1, 0.15) is 66.6 Å². The third-order valence-electron chi connectivity index (χ3n) is 7.68. The Morgan fingerprint density at radius 2 is 1.85 bits per heavy atom. The number of ether oxygens (including phenoxy) is 1. The van der Waals surface area contributed by atoms with Gasteiger partial charge in [-0.15, -0.1) is 23.2 Å². The summed E-state index contributed by atoms with van der Waals surface area (Å²) < 4.78 is 33.0. The predicted octanol–water partition coefficient (Wildman–Crippen LogP) is 4.92. The van der Waals surface area contributed by atoms with Crippen LogP contribution >= 0.6 is 23.2 Å². The first-order chi connectivity index (χ1) is 16.2. The van der Waals surface area contributed by atoms with E-state index < -0.39 is 20.9 Å². The van der Waals surface area contributed by atoms with Crippen molar-refractivity contribution < 1.29 is 17.9 Å². The molecule has 2 aromatic rings. The zero-order chi connectivity index (χ0) is 24.3. The lowest BCUT2D eigenvalue weighted by atomic mass is 9.60. The minimum atomic E-state index is -3.60. The van der Waals surface area contributed by atoms with E-state index in [1.54, 1.807) is 6.20 Å². The number of esters is 1. The van der Waals surface area contributed by atoms with Gasteiger partial charge in [0, 0.05) is 36.3 Å². The molecule has 2 saturated carbocycles. The number of aromatic nitrogens is 1. The number of hydrogen-bond donors (Lipinski definition) is 0. The maximum Gasteiger partial charge on any atom is 0.338 e. The van der Waals surface area contributed by atoms with Crippen LogP contribution in [0.5, 0.6) is 0 Å². The monoisotopic (exact) mass is 522 g/mol. The molecule has 3 aliphatic rings. The summed E-state index contributed by atoms with van der Waals surface area (Å²) >= 11 is 13.7. The van der Waals surface area contributed by atoms with Gasteiger partial charge in [-0.25, -0.2) is 13.2 Å². The van der Waals surface area contributed by atoms with E-state index in [1.165, 1.54) is 34.1 Å². The summed E-state index contributed by atoms with van der Waals surface area (Å²) in [4.78, 5) is 16.7. The lowest BCUT2D eigenvalue weighted by Crippen LogP contribution is -2.54. The molecule has 5 rings (SSSR count). The van der Waals surface area contributed by atoms with Gasteiger partial charge in [-0.1, -0.05) is 19.9 Å². The second-order valence-corrected chi connectivity index (χ2v) is 12.6. The normalized spacial score (nSPS) is 30.8. The Morgan fingerprint density at radius 1 is 1.18 bits per heavy atom. The SMILES string of the molecule is CCCN(CCC)S(=O)(=O)c1ccc(C(=O)OC[C@@]2(Cl)C[C@@H]3c4cccnc4[C@H]4[C@@H](Cl)[C@@]342)cc1. The van der Waals surface area contributed by atoms with Gasteiger partial charge in [0.05, 0.1) is 20.7 Å². The number of carbonyl (C=O) groups excluding carboxylic acids is 1. The maximum absolute atomic E-state index is 12.9. The summed E-state index contributed by atoms with van der Waals surface area (Å²) in [6, 6.07) is 9.93. The summed E-state index contributed by atoms with van der Waals surface area (Å²) in [5.41, 5.74) is 2.21. The second kappa shape index (κ2) is 8.47. The third kappa shape index (κ3) is 3.27. The highest BCUT2D eigenvalue weighted by Gasteiger charge is 2.87. The van der Waals surface area contributed by atoms with Gasteiger partial charge in [-0.3, -0.25) is 4.98 Å². The van der Waals surface area contributed by atoms with Crippen molar-refractivity contribution in [2.75, 3.05) is 19.7 Å². The van der Waals surface area contributed by atoms with E-state index >= 15 is 0 Å². The second-order valence-electron chi connectivity index (χ2n) is 9.52. The minimum absolute atomic E-state index is 0.0540. The number of sulfonamides is 1. The molecule has 1 aromatic carbocycles. The predicted molar refractivity (Wildman–Crippen MR) is 131 cm³/mol. The van der Waals surface area contributed by atoms with Crippen LogP contribution in [0.4, 0.5) is 0 Å². The molecule has 0 saturated heterocycles. The highest BCUT2D eigenvalue weighted by molar-refractivity contribution is 7.89. The Balaban J connectivity index is 1.26. The van der Waals surface area contributed by atoms with Gasteiger partial charge < -0.3 is 4.74 Å². The fourth-order valence-corrected chi connectivity index (χ4v) is 9.08. The number of fused-ring (bicyclic) bond motifs is 3. The fraction of sp³-hybridized carbons (Fsp3) is 0.520. The van der Waals surface area contributed by atoms with Gasteiger partial charge in [0.15, 0.2) is 0 Å². The smallest absolute Gasteiger partial charge is 0.338 e. The van der Waals surface area contributed by atoms with E-state index in [1.807, 2.05) is 19.9 Å². The number of hydrogen-bond acceptors (Lipinski definition) is 5. The molecule has 34 heavy (non-hydrogen) atoms. The van der Waals surface area contributed by atoms with E-state index in [-0.39, 0.29) is 39.7 Å². The molecule has 6 nitrogen and oxygen atoms in total. The van der Waals surface area contributed by atoms with Gasteiger partial charge in [-0.2, -0.15) is 4.31 Å². The van der Waals surface area contributed by atoms with Crippen LogP contribution < -0.4 is 0 Å². The minimum Gasteiger partial charge on any atom is -0.460 e. The zero-order valence-corrected chi connectivity index (χ0v) is 21.5. The number of halogens is 2. The fourth-order valence-electron chi connectivity index (χ4n) is 6.08.